The van der Waals surface area contributed by atoms with Gasteiger partial charge < -0.3 is 24.8 Å². The molecule has 3 fully saturated rings. The summed E-state index contributed by atoms with van der Waals surface area (Å²) in [5.74, 6) is -1.94. The molecule has 1 N–H and O–H groups in total. The number of likely N-dealkylation sites (N-methyl/N-ethyl adjacent to an activating group) is 1. The molecule has 2 aromatic rings. The predicted molar refractivity (Wildman–Crippen MR) is 157 cm³/mol. The van der Waals surface area contributed by atoms with Gasteiger partial charge >= 0.3 is 0 Å². The van der Waals surface area contributed by atoms with Crippen LogP contribution >= 0.6 is 11.3 Å². The molecule has 1 aromatic heterocycles. The number of thiazole rings is 1. The summed E-state index contributed by atoms with van der Waals surface area (Å²) in [6.07, 6.45) is -1.61. The van der Waals surface area contributed by atoms with Crippen molar-refractivity contribution in [3.05, 3.63) is 46.9 Å². The molecule has 3 aliphatic heterocycles. The van der Waals surface area contributed by atoms with Crippen LogP contribution in [0.2, 0.25) is 0 Å². The molecule has 3 saturated heterocycles. The number of nitrogens with one attached hydrogen (secondary N) is 1. The van der Waals surface area contributed by atoms with Crippen LogP contribution in [-0.4, -0.2) is 96.9 Å². The number of ether oxygens (including phenoxy) is 1. The van der Waals surface area contributed by atoms with E-state index in [0.29, 0.717) is 12.0 Å². The molecule has 4 atom stereocenters. The maximum Gasteiger partial charge on any atom is 0.266 e. The first-order valence-electron chi connectivity index (χ1n) is 14.3. The summed E-state index contributed by atoms with van der Waals surface area (Å²) < 4.78 is 31.6. The average Bonchev–Trinajstić information content (AvgIpc) is 3.63. The van der Waals surface area contributed by atoms with Crippen molar-refractivity contribution in [1.82, 2.24) is 20.1 Å². The number of aryl methyl sites for hydroxylation is 1. The summed E-state index contributed by atoms with van der Waals surface area (Å²) in [5.41, 5.74) is 2.17. The van der Waals surface area contributed by atoms with Crippen LogP contribution in [0.15, 0.2) is 36.4 Å². The lowest BCUT2D eigenvalue weighted by Crippen LogP contribution is -2.52. The highest BCUT2D eigenvalue weighted by Gasteiger charge is 2.52. The van der Waals surface area contributed by atoms with Crippen LogP contribution in [0.3, 0.4) is 0 Å². The van der Waals surface area contributed by atoms with Crippen LogP contribution in [0.4, 0.5) is 13.9 Å². The van der Waals surface area contributed by atoms with E-state index in [1.807, 2.05) is 32.9 Å². The van der Waals surface area contributed by atoms with E-state index in [9.17, 15) is 23.2 Å². The number of rotatable bonds is 8. The van der Waals surface area contributed by atoms with Crippen molar-refractivity contribution in [3.63, 3.8) is 0 Å². The van der Waals surface area contributed by atoms with Gasteiger partial charge in [0.2, 0.25) is 5.91 Å². The van der Waals surface area contributed by atoms with Crippen molar-refractivity contribution >= 4 is 34.1 Å². The first-order chi connectivity index (χ1) is 20.0. The number of likely N-dealkylation sites (tertiary alicyclic amines) is 1. The van der Waals surface area contributed by atoms with Gasteiger partial charge in [-0.15, -0.1) is 11.3 Å². The third-order valence-corrected chi connectivity index (χ3v) is 9.17. The largest absolute Gasteiger partial charge is 0.367 e. The fraction of sp³-hybridized carbons (Fsp3) is 0.533. The zero-order chi connectivity index (χ0) is 30.1. The molecule has 2 amide bonds. The normalized spacial score (nSPS) is 23.3. The summed E-state index contributed by atoms with van der Waals surface area (Å²) in [6, 6.07) is 5.28. The first kappa shape index (κ1) is 30.2. The third kappa shape index (κ3) is 6.40. The van der Waals surface area contributed by atoms with E-state index in [-0.39, 0.29) is 24.9 Å². The average molecular weight is 602 g/mol. The maximum absolute atomic E-state index is 13.7. The zero-order valence-electron chi connectivity index (χ0n) is 24.3. The van der Waals surface area contributed by atoms with Crippen molar-refractivity contribution in [1.29, 1.82) is 0 Å². The Balaban J connectivity index is 1.29. The number of amides is 2. The lowest BCUT2D eigenvalue weighted by molar-refractivity contribution is -0.138. The number of aromatic nitrogens is 1. The number of ketones is 1. The van der Waals surface area contributed by atoms with Gasteiger partial charge in [-0.3, -0.25) is 14.4 Å². The molecule has 226 valence electrons. The molecule has 1 aromatic carbocycles. The van der Waals surface area contributed by atoms with Gasteiger partial charge in [0.05, 0.1) is 11.8 Å². The number of carbonyl (C=O) groups is 3. The van der Waals surface area contributed by atoms with Crippen LogP contribution in [0.5, 0.6) is 0 Å². The molecule has 0 aliphatic carbocycles. The van der Waals surface area contributed by atoms with Crippen LogP contribution in [-0.2, 0) is 14.3 Å². The number of hydrogen-bond acceptors (Lipinski definition) is 8. The van der Waals surface area contributed by atoms with E-state index >= 15 is 0 Å². The van der Waals surface area contributed by atoms with Crippen molar-refractivity contribution in [2.45, 2.75) is 45.4 Å². The van der Waals surface area contributed by atoms with E-state index in [2.05, 4.69) is 22.2 Å². The second-order valence-electron chi connectivity index (χ2n) is 11.7. The van der Waals surface area contributed by atoms with Crippen molar-refractivity contribution in [3.8, 4) is 11.3 Å². The van der Waals surface area contributed by atoms with Crippen LogP contribution in [0.25, 0.3) is 11.3 Å². The Kier molecular flexibility index (Phi) is 9.05. The fourth-order valence-electron chi connectivity index (χ4n) is 5.93. The molecule has 5 rings (SSSR count). The van der Waals surface area contributed by atoms with Gasteiger partial charge in [-0.2, -0.15) is 8.78 Å². The number of benzene rings is 1. The molecule has 3 aliphatic rings. The smallest absolute Gasteiger partial charge is 0.266 e. The van der Waals surface area contributed by atoms with Crippen LogP contribution in [0.1, 0.15) is 35.5 Å². The van der Waals surface area contributed by atoms with E-state index in [1.165, 1.54) is 4.90 Å². The van der Waals surface area contributed by atoms with Crippen molar-refractivity contribution < 1.29 is 27.9 Å². The number of hydrogen-bond donors (Lipinski definition) is 1. The second kappa shape index (κ2) is 12.6. The highest BCUT2D eigenvalue weighted by atomic mass is 32.1. The Labute approximate surface area is 248 Å². The van der Waals surface area contributed by atoms with Gasteiger partial charge in [0, 0.05) is 54.6 Å². The Morgan fingerprint density at radius 2 is 1.86 bits per heavy atom. The number of piperazine rings is 1. The Morgan fingerprint density at radius 1 is 1.17 bits per heavy atom. The van der Waals surface area contributed by atoms with E-state index < -0.39 is 42.0 Å². The van der Waals surface area contributed by atoms with E-state index in [4.69, 9.17) is 9.72 Å². The van der Waals surface area contributed by atoms with Crippen LogP contribution in [0, 0.1) is 18.8 Å². The quantitative estimate of drug-likeness (QED) is 0.494. The van der Waals surface area contributed by atoms with E-state index in [0.717, 1.165) is 53.5 Å². The molecule has 4 unspecified atom stereocenters. The number of fused-ring (bicyclic) bond motifs is 1. The number of anilines is 1. The minimum atomic E-state index is -1.88. The van der Waals surface area contributed by atoms with E-state index in [1.54, 1.807) is 23.5 Å². The van der Waals surface area contributed by atoms with Crippen molar-refractivity contribution in [2.24, 2.45) is 11.8 Å². The van der Waals surface area contributed by atoms with Gasteiger partial charge in [-0.25, -0.2) is 4.98 Å². The topological polar surface area (TPSA) is 95.1 Å². The molecule has 42 heavy (non-hydrogen) atoms. The van der Waals surface area contributed by atoms with Gasteiger partial charge in [0.25, 0.3) is 12.0 Å². The maximum atomic E-state index is 13.7. The number of carbonyl (C=O) groups excluding carboxylic acids is 3. The molecule has 0 saturated carbocycles. The summed E-state index contributed by atoms with van der Waals surface area (Å²) in [6.45, 7) is 9.46. The number of nitrogens with zero attached hydrogens (tertiary/aromatic N) is 4. The van der Waals surface area contributed by atoms with Gasteiger partial charge in [-0.1, -0.05) is 26.0 Å². The number of Topliss-reactive ketones (excluding diaryl/α,β-unsaturated/α-hetero) is 1. The zero-order valence-corrected chi connectivity index (χ0v) is 25.1. The molecular formula is C30H37F2N5O4S. The SMILES string of the molecule is Cc1sc(N2CCN(C)CC2)nc1-c1ccc(C(=O)NC(CC(C)C)C(=O)N2CC(C=C(F)F)C3OCC(=O)C32)cc1. The molecule has 0 radical (unpaired) electrons. The second-order valence-corrected chi connectivity index (χ2v) is 12.9. The minimum Gasteiger partial charge on any atom is -0.367 e. The number of halogens is 2. The Bertz CT molecular complexity index is 1350. The summed E-state index contributed by atoms with van der Waals surface area (Å²) >= 11 is 1.66. The highest BCUT2D eigenvalue weighted by Crippen LogP contribution is 2.35. The lowest BCUT2D eigenvalue weighted by atomic mass is 10.0. The third-order valence-electron chi connectivity index (χ3n) is 8.14. The first-order valence-corrected chi connectivity index (χ1v) is 15.1. The monoisotopic (exact) mass is 601 g/mol. The molecule has 9 nitrogen and oxygen atoms in total. The lowest BCUT2D eigenvalue weighted by Gasteiger charge is -2.32. The predicted octanol–water partition coefficient (Wildman–Crippen LogP) is 3.59. The molecule has 4 heterocycles. The molecular weight excluding hydrogens is 564 g/mol. The van der Waals surface area contributed by atoms with Gasteiger partial charge in [0.1, 0.15) is 18.7 Å². The standard InChI is InChI=1S/C30H37F2N5O4S/c1-17(2)13-22(29(40)37-15-21(14-24(31)32)27-26(37)23(38)16-41-27)33-28(39)20-7-5-19(6-8-20)25-18(3)42-30(34-25)36-11-9-35(4)10-12-36/h5-8,14,17,21-22,26-27H,9-13,15-16H2,1-4H3,(H,33,39). The minimum absolute atomic E-state index is 0.0525. The van der Waals surface area contributed by atoms with Gasteiger partial charge in [0.15, 0.2) is 10.9 Å². The summed E-state index contributed by atoms with van der Waals surface area (Å²) in [7, 11) is 2.12. The fourth-order valence-corrected chi connectivity index (χ4v) is 6.91. The van der Waals surface area contributed by atoms with Gasteiger partial charge in [-0.05, 0) is 44.5 Å². The highest BCUT2D eigenvalue weighted by molar-refractivity contribution is 7.16. The molecule has 0 bridgehead atoms. The molecule has 12 heteroatoms. The van der Waals surface area contributed by atoms with Crippen LogP contribution < -0.4 is 10.2 Å². The Hall–Kier alpha value is -3.22. The molecule has 0 spiro atoms. The summed E-state index contributed by atoms with van der Waals surface area (Å²) in [5, 5.41) is 3.84. The Morgan fingerprint density at radius 3 is 2.50 bits per heavy atom. The van der Waals surface area contributed by atoms with Crippen molar-refractivity contribution in [2.75, 3.05) is 51.3 Å². The summed E-state index contributed by atoms with van der Waals surface area (Å²) in [4.78, 5) is 51.4.